The van der Waals surface area contributed by atoms with Crippen LogP contribution in [0, 0.1) is 10.1 Å². The number of benzene rings is 1. The van der Waals surface area contributed by atoms with E-state index in [1.807, 2.05) is 19.0 Å². The Kier molecular flexibility index (Phi) is 4.39. The largest absolute Gasteiger partial charge is 0.388 e. The SMILES string of the molecule is CN(C)CC[C@@H](O)c1ccc([N+](=O)[O-])cc1. The number of aliphatic hydroxyl groups is 1. The van der Waals surface area contributed by atoms with Gasteiger partial charge in [0.15, 0.2) is 0 Å². The van der Waals surface area contributed by atoms with Crippen molar-refractivity contribution in [2.24, 2.45) is 0 Å². The molecular weight excluding hydrogens is 208 g/mol. The van der Waals surface area contributed by atoms with Gasteiger partial charge in [0, 0.05) is 18.7 Å². The van der Waals surface area contributed by atoms with Gasteiger partial charge >= 0.3 is 0 Å². The summed E-state index contributed by atoms with van der Waals surface area (Å²) < 4.78 is 0. The van der Waals surface area contributed by atoms with Crippen LogP contribution in [0.5, 0.6) is 0 Å². The molecular formula is C11H16N2O3. The summed E-state index contributed by atoms with van der Waals surface area (Å²) in [5, 5.41) is 20.2. The third-order valence-corrected chi connectivity index (χ3v) is 2.34. The highest BCUT2D eigenvalue weighted by Crippen LogP contribution is 2.19. The molecule has 0 radical (unpaired) electrons. The zero-order valence-electron chi connectivity index (χ0n) is 9.46. The summed E-state index contributed by atoms with van der Waals surface area (Å²) in [6, 6.07) is 6.01. The number of hydrogen-bond donors (Lipinski definition) is 1. The van der Waals surface area contributed by atoms with Gasteiger partial charge in [-0.3, -0.25) is 10.1 Å². The number of non-ortho nitro benzene ring substituents is 1. The minimum Gasteiger partial charge on any atom is -0.388 e. The standard InChI is InChI=1S/C11H16N2O3/c1-12(2)8-7-11(14)9-3-5-10(6-4-9)13(15)16/h3-6,11,14H,7-8H2,1-2H3/t11-/m1/s1. The molecule has 0 unspecified atom stereocenters. The highest BCUT2D eigenvalue weighted by atomic mass is 16.6. The second-order valence-corrected chi connectivity index (χ2v) is 3.96. The summed E-state index contributed by atoms with van der Waals surface area (Å²) in [7, 11) is 3.87. The number of nitro groups is 1. The number of nitro benzene ring substituents is 1. The molecule has 0 aliphatic carbocycles. The van der Waals surface area contributed by atoms with E-state index in [1.54, 1.807) is 12.1 Å². The molecule has 0 fully saturated rings. The Morgan fingerprint density at radius 3 is 2.38 bits per heavy atom. The maximum absolute atomic E-state index is 10.4. The number of rotatable bonds is 5. The van der Waals surface area contributed by atoms with Crippen LogP contribution in [0.15, 0.2) is 24.3 Å². The molecule has 0 bridgehead atoms. The molecule has 0 amide bonds. The Labute approximate surface area is 94.5 Å². The highest BCUT2D eigenvalue weighted by molar-refractivity contribution is 5.33. The number of aliphatic hydroxyl groups excluding tert-OH is 1. The molecule has 0 aliphatic heterocycles. The van der Waals surface area contributed by atoms with Crippen LogP contribution in [-0.4, -0.2) is 35.6 Å². The Balaban J connectivity index is 2.63. The van der Waals surface area contributed by atoms with Crippen LogP contribution >= 0.6 is 0 Å². The normalized spacial score (nSPS) is 12.8. The fourth-order valence-electron chi connectivity index (χ4n) is 1.37. The van der Waals surface area contributed by atoms with Crippen molar-refractivity contribution < 1.29 is 10.0 Å². The van der Waals surface area contributed by atoms with Crippen LogP contribution in [0.1, 0.15) is 18.1 Å². The van der Waals surface area contributed by atoms with E-state index in [0.717, 1.165) is 6.54 Å². The average molecular weight is 224 g/mol. The van der Waals surface area contributed by atoms with Gasteiger partial charge in [0.05, 0.1) is 11.0 Å². The van der Waals surface area contributed by atoms with E-state index in [-0.39, 0.29) is 5.69 Å². The lowest BCUT2D eigenvalue weighted by Crippen LogP contribution is -2.15. The first-order chi connectivity index (χ1) is 7.50. The van der Waals surface area contributed by atoms with Gasteiger partial charge in [0.1, 0.15) is 0 Å². The molecule has 0 saturated carbocycles. The minimum absolute atomic E-state index is 0.0450. The van der Waals surface area contributed by atoms with Gasteiger partial charge in [0.25, 0.3) is 5.69 Å². The Hall–Kier alpha value is -1.46. The topological polar surface area (TPSA) is 66.6 Å². The van der Waals surface area contributed by atoms with Crippen molar-refractivity contribution in [2.45, 2.75) is 12.5 Å². The molecule has 0 aromatic heterocycles. The third kappa shape index (κ3) is 3.60. The van der Waals surface area contributed by atoms with Crippen molar-refractivity contribution in [3.8, 4) is 0 Å². The van der Waals surface area contributed by atoms with Gasteiger partial charge in [-0.05, 0) is 38.2 Å². The lowest BCUT2D eigenvalue weighted by Gasteiger charge is -2.14. The zero-order chi connectivity index (χ0) is 12.1. The van der Waals surface area contributed by atoms with E-state index in [2.05, 4.69) is 0 Å². The predicted octanol–water partition coefficient (Wildman–Crippen LogP) is 1.58. The molecule has 0 aliphatic rings. The van der Waals surface area contributed by atoms with E-state index in [4.69, 9.17) is 0 Å². The maximum Gasteiger partial charge on any atom is 0.269 e. The van der Waals surface area contributed by atoms with Gasteiger partial charge in [-0.25, -0.2) is 0 Å². The van der Waals surface area contributed by atoms with Crippen LogP contribution in [0.25, 0.3) is 0 Å². The minimum atomic E-state index is -0.566. The highest BCUT2D eigenvalue weighted by Gasteiger charge is 2.10. The van der Waals surface area contributed by atoms with Crippen LogP contribution in [0.3, 0.4) is 0 Å². The van der Waals surface area contributed by atoms with Gasteiger partial charge in [-0.15, -0.1) is 0 Å². The fourth-order valence-corrected chi connectivity index (χ4v) is 1.37. The lowest BCUT2D eigenvalue weighted by molar-refractivity contribution is -0.384. The van der Waals surface area contributed by atoms with Crippen LogP contribution < -0.4 is 0 Å². The quantitative estimate of drug-likeness (QED) is 0.609. The van der Waals surface area contributed by atoms with Gasteiger partial charge in [-0.1, -0.05) is 0 Å². The van der Waals surface area contributed by atoms with Gasteiger partial charge < -0.3 is 10.0 Å². The Bertz CT molecular complexity index is 349. The monoisotopic (exact) mass is 224 g/mol. The molecule has 0 heterocycles. The van der Waals surface area contributed by atoms with Crippen molar-refractivity contribution in [1.29, 1.82) is 0 Å². The first kappa shape index (κ1) is 12.6. The third-order valence-electron chi connectivity index (χ3n) is 2.34. The zero-order valence-corrected chi connectivity index (χ0v) is 9.46. The Morgan fingerprint density at radius 1 is 1.38 bits per heavy atom. The number of nitrogens with zero attached hydrogens (tertiary/aromatic N) is 2. The van der Waals surface area contributed by atoms with Crippen molar-refractivity contribution in [3.63, 3.8) is 0 Å². The lowest BCUT2D eigenvalue weighted by atomic mass is 10.1. The molecule has 1 atom stereocenters. The van der Waals surface area contributed by atoms with E-state index < -0.39 is 11.0 Å². The fraction of sp³-hybridized carbons (Fsp3) is 0.455. The predicted molar refractivity (Wildman–Crippen MR) is 61.2 cm³/mol. The molecule has 88 valence electrons. The summed E-state index contributed by atoms with van der Waals surface area (Å²) in [6.07, 6.45) is 0.0494. The molecule has 1 N–H and O–H groups in total. The van der Waals surface area contributed by atoms with Crippen molar-refractivity contribution in [2.75, 3.05) is 20.6 Å². The second-order valence-electron chi connectivity index (χ2n) is 3.96. The molecule has 1 aromatic rings. The van der Waals surface area contributed by atoms with Crippen LogP contribution in [0.2, 0.25) is 0 Å². The summed E-state index contributed by atoms with van der Waals surface area (Å²) in [6.45, 7) is 0.776. The first-order valence-corrected chi connectivity index (χ1v) is 5.08. The van der Waals surface area contributed by atoms with Crippen molar-refractivity contribution >= 4 is 5.69 Å². The molecule has 5 heteroatoms. The van der Waals surface area contributed by atoms with Crippen molar-refractivity contribution in [3.05, 3.63) is 39.9 Å². The second kappa shape index (κ2) is 5.58. The Morgan fingerprint density at radius 2 is 1.94 bits per heavy atom. The average Bonchev–Trinajstić information content (AvgIpc) is 2.26. The van der Waals surface area contributed by atoms with Gasteiger partial charge in [0.2, 0.25) is 0 Å². The summed E-state index contributed by atoms with van der Waals surface area (Å²) in [5.74, 6) is 0. The molecule has 1 aromatic carbocycles. The summed E-state index contributed by atoms with van der Waals surface area (Å²) >= 11 is 0. The van der Waals surface area contributed by atoms with Crippen LogP contribution in [0.4, 0.5) is 5.69 Å². The molecule has 16 heavy (non-hydrogen) atoms. The van der Waals surface area contributed by atoms with E-state index in [0.29, 0.717) is 12.0 Å². The van der Waals surface area contributed by atoms with Crippen molar-refractivity contribution in [1.82, 2.24) is 4.90 Å². The van der Waals surface area contributed by atoms with E-state index in [9.17, 15) is 15.2 Å². The maximum atomic E-state index is 10.4. The number of hydrogen-bond acceptors (Lipinski definition) is 4. The summed E-state index contributed by atoms with van der Waals surface area (Å²) in [4.78, 5) is 12.0. The first-order valence-electron chi connectivity index (χ1n) is 5.08. The van der Waals surface area contributed by atoms with E-state index in [1.165, 1.54) is 12.1 Å². The molecule has 5 nitrogen and oxygen atoms in total. The van der Waals surface area contributed by atoms with E-state index >= 15 is 0 Å². The molecule has 1 rings (SSSR count). The molecule has 0 spiro atoms. The molecule has 0 saturated heterocycles. The van der Waals surface area contributed by atoms with Crippen LogP contribution in [-0.2, 0) is 0 Å². The summed E-state index contributed by atoms with van der Waals surface area (Å²) in [5.41, 5.74) is 0.760. The van der Waals surface area contributed by atoms with Gasteiger partial charge in [-0.2, -0.15) is 0 Å². The smallest absolute Gasteiger partial charge is 0.269 e.